The van der Waals surface area contributed by atoms with Gasteiger partial charge in [0.2, 0.25) is 0 Å². The molecule has 1 aliphatic rings. The van der Waals surface area contributed by atoms with Crippen LogP contribution >= 0.6 is 35.6 Å². The molecular formula is C16H25ClIN3O. The molecule has 1 aliphatic heterocycles. The largest absolute Gasteiger partial charge is 0.376 e. The van der Waals surface area contributed by atoms with Crippen molar-refractivity contribution in [3.63, 3.8) is 0 Å². The molecule has 0 amide bonds. The molecule has 1 atom stereocenters. The SMILES string of the molecule is CN=C(NCCCc1ccc(Cl)cc1)NCC1CCCO1.I. The van der Waals surface area contributed by atoms with Gasteiger partial charge in [0.05, 0.1) is 6.10 Å². The summed E-state index contributed by atoms with van der Waals surface area (Å²) in [5.74, 6) is 0.849. The van der Waals surface area contributed by atoms with Gasteiger partial charge in [-0.25, -0.2) is 0 Å². The zero-order chi connectivity index (χ0) is 14.9. The van der Waals surface area contributed by atoms with E-state index in [2.05, 4.69) is 27.8 Å². The van der Waals surface area contributed by atoms with Crippen LogP contribution in [0.5, 0.6) is 0 Å². The molecule has 1 aromatic carbocycles. The summed E-state index contributed by atoms with van der Waals surface area (Å²) in [4.78, 5) is 4.23. The van der Waals surface area contributed by atoms with Crippen LogP contribution in [0.2, 0.25) is 5.02 Å². The fourth-order valence-corrected chi connectivity index (χ4v) is 2.51. The topological polar surface area (TPSA) is 45.7 Å². The van der Waals surface area contributed by atoms with Crippen LogP contribution in [0.1, 0.15) is 24.8 Å². The van der Waals surface area contributed by atoms with Crippen molar-refractivity contribution < 1.29 is 4.74 Å². The fraction of sp³-hybridized carbons (Fsp3) is 0.562. The third-order valence-electron chi connectivity index (χ3n) is 3.59. The molecule has 4 nitrogen and oxygen atoms in total. The number of rotatable bonds is 6. The average molecular weight is 438 g/mol. The second-order valence-corrected chi connectivity index (χ2v) is 5.68. The maximum absolute atomic E-state index is 5.88. The molecule has 0 aliphatic carbocycles. The first kappa shape index (κ1) is 19.5. The van der Waals surface area contributed by atoms with E-state index < -0.39 is 0 Å². The van der Waals surface area contributed by atoms with Gasteiger partial charge in [0.25, 0.3) is 0 Å². The molecule has 22 heavy (non-hydrogen) atoms. The summed E-state index contributed by atoms with van der Waals surface area (Å²) in [5.41, 5.74) is 1.31. The summed E-state index contributed by atoms with van der Waals surface area (Å²) in [6, 6.07) is 8.03. The van der Waals surface area contributed by atoms with Crippen molar-refractivity contribution >= 4 is 41.5 Å². The molecule has 2 N–H and O–H groups in total. The lowest BCUT2D eigenvalue weighted by atomic mass is 10.1. The number of halogens is 2. The molecule has 1 heterocycles. The van der Waals surface area contributed by atoms with E-state index in [0.29, 0.717) is 6.10 Å². The summed E-state index contributed by atoms with van der Waals surface area (Å²) in [6.07, 6.45) is 4.73. The molecule has 0 radical (unpaired) electrons. The van der Waals surface area contributed by atoms with Gasteiger partial charge >= 0.3 is 0 Å². The second-order valence-electron chi connectivity index (χ2n) is 5.24. The Labute approximate surface area is 155 Å². The molecule has 0 saturated carbocycles. The van der Waals surface area contributed by atoms with Crippen molar-refractivity contribution in [3.05, 3.63) is 34.9 Å². The van der Waals surface area contributed by atoms with Crippen LogP contribution in [0.3, 0.4) is 0 Å². The zero-order valence-electron chi connectivity index (χ0n) is 13.0. The second kappa shape index (κ2) is 11.1. The molecule has 1 saturated heterocycles. The summed E-state index contributed by atoms with van der Waals surface area (Å²) < 4.78 is 5.58. The number of hydrogen-bond acceptors (Lipinski definition) is 2. The van der Waals surface area contributed by atoms with Gasteiger partial charge < -0.3 is 15.4 Å². The third kappa shape index (κ3) is 7.15. The van der Waals surface area contributed by atoms with Gasteiger partial charge in [0, 0.05) is 31.8 Å². The molecule has 0 bridgehead atoms. The maximum atomic E-state index is 5.88. The Kier molecular flexibility index (Phi) is 9.82. The number of aryl methyl sites for hydroxylation is 1. The number of ether oxygens (including phenoxy) is 1. The van der Waals surface area contributed by atoms with Crippen molar-refractivity contribution in [2.75, 3.05) is 26.7 Å². The maximum Gasteiger partial charge on any atom is 0.191 e. The van der Waals surface area contributed by atoms with Crippen LogP contribution in [0.15, 0.2) is 29.3 Å². The van der Waals surface area contributed by atoms with Crippen molar-refractivity contribution in [2.24, 2.45) is 4.99 Å². The van der Waals surface area contributed by atoms with Crippen molar-refractivity contribution in [1.82, 2.24) is 10.6 Å². The van der Waals surface area contributed by atoms with E-state index in [1.807, 2.05) is 12.1 Å². The summed E-state index contributed by atoms with van der Waals surface area (Å²) in [7, 11) is 1.80. The minimum absolute atomic E-state index is 0. The van der Waals surface area contributed by atoms with Crippen molar-refractivity contribution in [3.8, 4) is 0 Å². The smallest absolute Gasteiger partial charge is 0.191 e. The lowest BCUT2D eigenvalue weighted by Gasteiger charge is -2.15. The lowest BCUT2D eigenvalue weighted by molar-refractivity contribution is 0.114. The van der Waals surface area contributed by atoms with E-state index in [0.717, 1.165) is 49.9 Å². The van der Waals surface area contributed by atoms with Gasteiger partial charge in [-0.15, -0.1) is 24.0 Å². The molecule has 0 spiro atoms. The molecule has 0 aromatic heterocycles. The first-order chi connectivity index (χ1) is 10.3. The van der Waals surface area contributed by atoms with Gasteiger partial charge in [-0.1, -0.05) is 23.7 Å². The number of nitrogens with zero attached hydrogens (tertiary/aromatic N) is 1. The quantitative estimate of drug-likeness (QED) is 0.311. The Balaban J connectivity index is 0.00000242. The fourth-order valence-electron chi connectivity index (χ4n) is 2.39. The van der Waals surface area contributed by atoms with Gasteiger partial charge in [-0.3, -0.25) is 4.99 Å². The van der Waals surface area contributed by atoms with Crippen molar-refractivity contribution in [1.29, 1.82) is 0 Å². The van der Waals surface area contributed by atoms with E-state index in [-0.39, 0.29) is 24.0 Å². The highest BCUT2D eigenvalue weighted by Crippen LogP contribution is 2.11. The van der Waals surface area contributed by atoms with Gasteiger partial charge in [0.1, 0.15) is 0 Å². The Morgan fingerprint density at radius 2 is 2.09 bits per heavy atom. The van der Waals surface area contributed by atoms with Crippen molar-refractivity contribution in [2.45, 2.75) is 31.8 Å². The van der Waals surface area contributed by atoms with E-state index in [1.165, 1.54) is 12.0 Å². The number of aliphatic imine (C=N–C) groups is 1. The van der Waals surface area contributed by atoms with E-state index >= 15 is 0 Å². The van der Waals surface area contributed by atoms with E-state index in [9.17, 15) is 0 Å². The van der Waals surface area contributed by atoms with Gasteiger partial charge in [-0.2, -0.15) is 0 Å². The Morgan fingerprint density at radius 3 is 2.73 bits per heavy atom. The first-order valence-corrected chi connectivity index (χ1v) is 7.96. The Hall–Kier alpha value is -0.530. The third-order valence-corrected chi connectivity index (χ3v) is 3.84. The monoisotopic (exact) mass is 437 g/mol. The molecule has 6 heteroatoms. The molecule has 124 valence electrons. The minimum atomic E-state index is 0. The van der Waals surface area contributed by atoms with E-state index in [4.69, 9.17) is 16.3 Å². The number of benzene rings is 1. The lowest BCUT2D eigenvalue weighted by Crippen LogP contribution is -2.41. The van der Waals surface area contributed by atoms with Crippen LogP contribution in [0.4, 0.5) is 0 Å². The van der Waals surface area contributed by atoms with Gasteiger partial charge in [-0.05, 0) is 43.4 Å². The predicted octanol–water partition coefficient (Wildman–Crippen LogP) is 3.23. The zero-order valence-corrected chi connectivity index (χ0v) is 16.1. The minimum Gasteiger partial charge on any atom is -0.376 e. The standard InChI is InChI=1S/C16H24ClN3O.HI/c1-18-16(20-12-15-5-3-11-21-15)19-10-2-4-13-6-8-14(17)9-7-13;/h6-9,15H,2-5,10-12H2,1H3,(H2,18,19,20);1H. The summed E-state index contributed by atoms with van der Waals surface area (Å²) in [6.45, 7) is 2.62. The van der Waals surface area contributed by atoms with Crippen LogP contribution in [-0.4, -0.2) is 38.8 Å². The highest BCUT2D eigenvalue weighted by Gasteiger charge is 2.15. The van der Waals surface area contributed by atoms with E-state index in [1.54, 1.807) is 7.05 Å². The number of guanidine groups is 1. The molecular weight excluding hydrogens is 413 g/mol. The van der Waals surface area contributed by atoms with Crippen LogP contribution in [-0.2, 0) is 11.2 Å². The average Bonchev–Trinajstić information content (AvgIpc) is 3.02. The highest BCUT2D eigenvalue weighted by molar-refractivity contribution is 14.0. The normalized spacial score (nSPS) is 17.9. The first-order valence-electron chi connectivity index (χ1n) is 7.58. The van der Waals surface area contributed by atoms with Crippen LogP contribution in [0.25, 0.3) is 0 Å². The summed E-state index contributed by atoms with van der Waals surface area (Å²) in [5, 5.41) is 7.43. The molecule has 2 rings (SSSR count). The molecule has 1 unspecified atom stereocenters. The Morgan fingerprint density at radius 1 is 1.32 bits per heavy atom. The predicted molar refractivity (Wildman–Crippen MR) is 104 cm³/mol. The summed E-state index contributed by atoms with van der Waals surface area (Å²) >= 11 is 5.88. The Bertz CT molecular complexity index is 447. The molecule has 1 aromatic rings. The van der Waals surface area contributed by atoms with Crippen LogP contribution in [0, 0.1) is 0 Å². The van der Waals surface area contributed by atoms with Gasteiger partial charge in [0.15, 0.2) is 5.96 Å². The number of nitrogens with one attached hydrogen (secondary N) is 2. The number of hydrogen-bond donors (Lipinski definition) is 2. The molecule has 1 fully saturated rings. The van der Waals surface area contributed by atoms with Crippen LogP contribution < -0.4 is 10.6 Å². The highest BCUT2D eigenvalue weighted by atomic mass is 127.